The van der Waals surface area contributed by atoms with Crippen LogP contribution in [0.25, 0.3) is 17.1 Å². The number of aliphatic carboxylic acids is 1. The second-order valence-electron chi connectivity index (χ2n) is 7.43. The Morgan fingerprint density at radius 1 is 1.12 bits per heavy atom. The highest BCUT2D eigenvalue weighted by molar-refractivity contribution is 6.07. The molecule has 0 saturated heterocycles. The van der Waals surface area contributed by atoms with Crippen LogP contribution in [0.5, 0.6) is 5.75 Å². The predicted molar refractivity (Wildman–Crippen MR) is 122 cm³/mol. The maximum atomic E-state index is 13.2. The summed E-state index contributed by atoms with van der Waals surface area (Å²) in [6.07, 6.45) is 4.77. The predicted octanol–water partition coefficient (Wildman–Crippen LogP) is 4.17. The Labute approximate surface area is 185 Å². The molecule has 1 atom stereocenters. The molecule has 7 nitrogen and oxygen atoms in total. The summed E-state index contributed by atoms with van der Waals surface area (Å²) in [6.45, 7) is 1.98. The number of nitrogens with zero attached hydrogens (tertiary/aromatic N) is 3. The van der Waals surface area contributed by atoms with E-state index >= 15 is 0 Å². The number of aryl methyl sites for hydroxylation is 1. The van der Waals surface area contributed by atoms with Crippen LogP contribution in [0.15, 0.2) is 72.9 Å². The van der Waals surface area contributed by atoms with Crippen molar-refractivity contribution in [3.8, 4) is 5.75 Å². The molecule has 0 bridgehead atoms. The lowest BCUT2D eigenvalue weighted by Crippen LogP contribution is -2.22. The second kappa shape index (κ2) is 8.93. The molecular weight excluding hydrogens is 406 g/mol. The van der Waals surface area contributed by atoms with Gasteiger partial charge < -0.3 is 19.0 Å². The molecule has 0 unspecified atom stereocenters. The Morgan fingerprint density at radius 2 is 1.94 bits per heavy atom. The fourth-order valence-corrected chi connectivity index (χ4v) is 3.49. The second-order valence-corrected chi connectivity index (χ2v) is 7.43. The van der Waals surface area contributed by atoms with Crippen LogP contribution in [0.3, 0.4) is 0 Å². The molecule has 2 aromatic carbocycles. The van der Waals surface area contributed by atoms with Crippen molar-refractivity contribution in [1.29, 1.82) is 0 Å². The smallest absolute Gasteiger partial charge is 0.344 e. The van der Waals surface area contributed by atoms with E-state index in [-0.39, 0.29) is 5.78 Å². The molecule has 0 amide bonds. The number of carbonyl (C=O) groups excluding carboxylic acids is 1. The van der Waals surface area contributed by atoms with Crippen LogP contribution >= 0.6 is 0 Å². The summed E-state index contributed by atoms with van der Waals surface area (Å²) in [5.74, 6) is -0.273. The Balaban J connectivity index is 1.50. The van der Waals surface area contributed by atoms with Crippen molar-refractivity contribution >= 4 is 28.9 Å². The zero-order valence-electron chi connectivity index (χ0n) is 17.8. The number of aromatic nitrogens is 3. The minimum atomic E-state index is -1.02. The number of ether oxygens (including phenoxy) is 1. The molecule has 0 fully saturated rings. The van der Waals surface area contributed by atoms with Crippen LogP contribution < -0.4 is 4.74 Å². The average molecular weight is 429 g/mol. The van der Waals surface area contributed by atoms with Gasteiger partial charge in [-0.2, -0.15) is 0 Å². The van der Waals surface area contributed by atoms with Gasteiger partial charge in [-0.25, -0.2) is 9.78 Å². The standard InChI is InChI=1S/C25H23N3O4/c1-17(25(30)31)32-19-10-5-8-18(16-19)9-6-14-28-15-7-13-22(28)23(29)24-26-20-11-3-4-12-21(20)27(24)2/h3-13,15-17H,14H2,1-2H3,(H,30,31)/t17-/m0/s1. The number of imidazole rings is 1. The van der Waals surface area contributed by atoms with Gasteiger partial charge in [0.05, 0.1) is 16.7 Å². The molecule has 4 rings (SSSR count). The first-order chi connectivity index (χ1) is 15.4. The molecule has 2 aromatic heterocycles. The normalized spacial score (nSPS) is 12.3. The van der Waals surface area contributed by atoms with Crippen LogP contribution in [0.1, 0.15) is 28.8 Å². The van der Waals surface area contributed by atoms with Gasteiger partial charge in [0.25, 0.3) is 0 Å². The van der Waals surface area contributed by atoms with Gasteiger partial charge in [-0.3, -0.25) is 4.79 Å². The highest BCUT2D eigenvalue weighted by Gasteiger charge is 2.19. The monoisotopic (exact) mass is 429 g/mol. The van der Waals surface area contributed by atoms with E-state index in [0.717, 1.165) is 16.6 Å². The molecule has 0 aliphatic carbocycles. The van der Waals surface area contributed by atoms with Crippen molar-refractivity contribution in [2.24, 2.45) is 7.05 Å². The largest absolute Gasteiger partial charge is 0.479 e. The van der Waals surface area contributed by atoms with Crippen molar-refractivity contribution in [3.63, 3.8) is 0 Å². The third-order valence-corrected chi connectivity index (χ3v) is 5.18. The fourth-order valence-electron chi connectivity index (χ4n) is 3.49. The van der Waals surface area contributed by atoms with Crippen molar-refractivity contribution in [2.75, 3.05) is 0 Å². The van der Waals surface area contributed by atoms with E-state index in [9.17, 15) is 9.59 Å². The Morgan fingerprint density at radius 3 is 2.72 bits per heavy atom. The highest BCUT2D eigenvalue weighted by atomic mass is 16.5. The summed E-state index contributed by atoms with van der Waals surface area (Å²) in [6, 6.07) is 18.5. The van der Waals surface area contributed by atoms with E-state index in [2.05, 4.69) is 4.98 Å². The van der Waals surface area contributed by atoms with Gasteiger partial charge in [0.1, 0.15) is 5.75 Å². The lowest BCUT2D eigenvalue weighted by atomic mass is 10.2. The molecule has 2 heterocycles. The van der Waals surface area contributed by atoms with Crippen molar-refractivity contribution in [1.82, 2.24) is 14.1 Å². The van der Waals surface area contributed by atoms with Gasteiger partial charge in [-0.1, -0.05) is 36.4 Å². The summed E-state index contributed by atoms with van der Waals surface area (Å²) >= 11 is 0. The lowest BCUT2D eigenvalue weighted by Gasteiger charge is -2.10. The minimum Gasteiger partial charge on any atom is -0.479 e. The number of rotatable bonds is 8. The quantitative estimate of drug-likeness (QED) is 0.425. The van der Waals surface area contributed by atoms with E-state index < -0.39 is 12.1 Å². The third-order valence-electron chi connectivity index (χ3n) is 5.18. The molecular formula is C25H23N3O4. The summed E-state index contributed by atoms with van der Waals surface area (Å²) < 4.78 is 9.09. The highest BCUT2D eigenvalue weighted by Crippen LogP contribution is 2.19. The molecule has 7 heteroatoms. The molecule has 4 aromatic rings. The molecule has 0 saturated carbocycles. The van der Waals surface area contributed by atoms with E-state index in [4.69, 9.17) is 9.84 Å². The number of carboxylic acid groups (broad SMARTS) is 1. The number of hydrogen-bond acceptors (Lipinski definition) is 4. The van der Waals surface area contributed by atoms with Crippen LogP contribution in [0, 0.1) is 0 Å². The zero-order valence-corrected chi connectivity index (χ0v) is 17.8. The number of fused-ring (bicyclic) bond motifs is 1. The van der Waals surface area contributed by atoms with Gasteiger partial charge >= 0.3 is 5.97 Å². The molecule has 1 N–H and O–H groups in total. The number of benzene rings is 2. The topological polar surface area (TPSA) is 86.4 Å². The van der Waals surface area contributed by atoms with E-state index in [0.29, 0.717) is 23.8 Å². The van der Waals surface area contributed by atoms with Crippen LogP contribution in [0.4, 0.5) is 0 Å². The summed E-state index contributed by atoms with van der Waals surface area (Å²) in [5, 5.41) is 9.00. The maximum Gasteiger partial charge on any atom is 0.344 e. The number of ketones is 1. The first-order valence-corrected chi connectivity index (χ1v) is 10.2. The van der Waals surface area contributed by atoms with E-state index in [1.807, 2.05) is 70.9 Å². The van der Waals surface area contributed by atoms with Gasteiger partial charge in [0.2, 0.25) is 5.78 Å². The van der Waals surface area contributed by atoms with E-state index in [1.165, 1.54) is 6.92 Å². The number of carbonyl (C=O) groups is 2. The van der Waals surface area contributed by atoms with Crippen LogP contribution in [-0.4, -0.2) is 37.1 Å². The SMILES string of the molecule is C[C@H](Oc1cccc(C=CCn2cccc2C(=O)c2nc3ccccc3n2C)c1)C(=O)O. The molecule has 0 radical (unpaired) electrons. The molecule has 0 spiro atoms. The number of hydrogen-bond donors (Lipinski definition) is 1. The summed E-state index contributed by atoms with van der Waals surface area (Å²) in [5.41, 5.74) is 3.12. The molecule has 0 aliphatic rings. The number of carboxylic acids is 1. The Kier molecular flexibility index (Phi) is 5.89. The van der Waals surface area contributed by atoms with Gasteiger partial charge in [-0.15, -0.1) is 0 Å². The van der Waals surface area contributed by atoms with Crippen LogP contribution in [0.2, 0.25) is 0 Å². The number of para-hydroxylation sites is 2. The van der Waals surface area contributed by atoms with Gasteiger partial charge in [0, 0.05) is 19.8 Å². The third kappa shape index (κ3) is 4.32. The summed E-state index contributed by atoms with van der Waals surface area (Å²) in [4.78, 5) is 28.6. The average Bonchev–Trinajstić information content (AvgIpc) is 3.38. The van der Waals surface area contributed by atoms with Crippen LogP contribution in [-0.2, 0) is 18.4 Å². The van der Waals surface area contributed by atoms with Crippen molar-refractivity contribution < 1.29 is 19.4 Å². The zero-order chi connectivity index (χ0) is 22.7. The molecule has 162 valence electrons. The maximum absolute atomic E-state index is 13.2. The first-order valence-electron chi connectivity index (χ1n) is 10.2. The van der Waals surface area contributed by atoms with Crippen molar-refractivity contribution in [2.45, 2.75) is 19.6 Å². The summed E-state index contributed by atoms with van der Waals surface area (Å²) in [7, 11) is 1.84. The van der Waals surface area contributed by atoms with Gasteiger partial charge in [0.15, 0.2) is 11.9 Å². The fraction of sp³-hybridized carbons (Fsp3) is 0.160. The van der Waals surface area contributed by atoms with Crippen molar-refractivity contribution in [3.05, 3.63) is 90.0 Å². The Hall–Kier alpha value is -4.13. The Bertz CT molecular complexity index is 1320. The number of allylic oxidation sites excluding steroid dienone is 1. The minimum absolute atomic E-state index is 0.139. The molecule has 0 aliphatic heterocycles. The molecule has 32 heavy (non-hydrogen) atoms. The van der Waals surface area contributed by atoms with Gasteiger partial charge in [-0.05, 0) is 48.9 Å². The van der Waals surface area contributed by atoms with E-state index in [1.54, 1.807) is 24.3 Å². The first kappa shape index (κ1) is 21.1. The lowest BCUT2D eigenvalue weighted by molar-refractivity contribution is -0.144.